The first-order chi connectivity index (χ1) is 8.33. The van der Waals surface area contributed by atoms with Crippen molar-refractivity contribution in [1.82, 2.24) is 9.78 Å². The minimum absolute atomic E-state index is 0.112. The topological polar surface area (TPSA) is 53.4 Å². The monoisotopic (exact) mass is 364 g/mol. The Morgan fingerprint density at radius 1 is 1.56 bits per heavy atom. The second-order valence-corrected chi connectivity index (χ2v) is 6.55. The van der Waals surface area contributed by atoms with Gasteiger partial charge in [0.25, 0.3) is 0 Å². The zero-order valence-electron chi connectivity index (χ0n) is 10.8. The summed E-state index contributed by atoms with van der Waals surface area (Å²) >= 11 is 2.16. The second-order valence-electron chi connectivity index (χ2n) is 5.38. The van der Waals surface area contributed by atoms with Gasteiger partial charge in [-0.15, -0.1) is 5.10 Å². The van der Waals surface area contributed by atoms with Crippen LogP contribution in [0.5, 0.6) is 5.88 Å². The number of hydrogen-bond acceptors (Lipinski definition) is 4. The van der Waals surface area contributed by atoms with E-state index in [0.29, 0.717) is 12.0 Å². The van der Waals surface area contributed by atoms with E-state index in [-0.39, 0.29) is 12.5 Å². The van der Waals surface area contributed by atoms with E-state index < -0.39 is 5.60 Å². The van der Waals surface area contributed by atoms with Crippen LogP contribution in [-0.4, -0.2) is 27.5 Å². The van der Waals surface area contributed by atoms with E-state index in [2.05, 4.69) is 27.7 Å². The lowest BCUT2D eigenvalue weighted by Gasteiger charge is -2.19. The SMILES string of the molecule is CC(C)(C)OC(=O)Cn1cc(I)c(OC2CC2)n1. The third kappa shape index (κ3) is 4.15. The van der Waals surface area contributed by atoms with Gasteiger partial charge in [-0.1, -0.05) is 0 Å². The lowest BCUT2D eigenvalue weighted by molar-refractivity contribution is -0.155. The van der Waals surface area contributed by atoms with Gasteiger partial charge in [-0.2, -0.15) is 0 Å². The van der Waals surface area contributed by atoms with Gasteiger partial charge >= 0.3 is 5.97 Å². The van der Waals surface area contributed by atoms with E-state index in [1.54, 1.807) is 10.9 Å². The minimum atomic E-state index is -0.468. The first-order valence-electron chi connectivity index (χ1n) is 5.95. The summed E-state index contributed by atoms with van der Waals surface area (Å²) in [5.74, 6) is 0.320. The van der Waals surface area contributed by atoms with Crippen LogP contribution < -0.4 is 4.74 Å². The average Bonchev–Trinajstić information content (AvgIpc) is 2.90. The molecule has 0 unspecified atom stereocenters. The van der Waals surface area contributed by atoms with Gasteiger partial charge in [0.1, 0.15) is 18.2 Å². The fraction of sp³-hybridized carbons (Fsp3) is 0.667. The van der Waals surface area contributed by atoms with Gasteiger partial charge in [0, 0.05) is 6.20 Å². The molecule has 6 heteroatoms. The molecular weight excluding hydrogens is 347 g/mol. The fourth-order valence-electron chi connectivity index (χ4n) is 1.39. The smallest absolute Gasteiger partial charge is 0.328 e. The van der Waals surface area contributed by atoms with Gasteiger partial charge in [0.05, 0.1) is 3.57 Å². The van der Waals surface area contributed by atoms with Crippen molar-refractivity contribution in [3.05, 3.63) is 9.77 Å². The largest absolute Gasteiger partial charge is 0.473 e. The highest BCUT2D eigenvalue weighted by Crippen LogP contribution is 2.28. The maximum absolute atomic E-state index is 11.7. The Hall–Kier alpha value is -0.790. The lowest BCUT2D eigenvalue weighted by Crippen LogP contribution is -2.26. The molecule has 1 aliphatic rings. The molecule has 0 aliphatic heterocycles. The molecule has 0 N–H and O–H groups in total. The molecule has 0 aromatic carbocycles. The first-order valence-corrected chi connectivity index (χ1v) is 7.03. The molecule has 2 rings (SSSR count). The van der Waals surface area contributed by atoms with Crippen molar-refractivity contribution >= 4 is 28.6 Å². The quantitative estimate of drug-likeness (QED) is 0.608. The number of rotatable bonds is 4. The van der Waals surface area contributed by atoms with Crippen molar-refractivity contribution in [3.63, 3.8) is 0 Å². The molecule has 0 amide bonds. The molecule has 0 radical (unpaired) electrons. The van der Waals surface area contributed by atoms with E-state index in [4.69, 9.17) is 9.47 Å². The molecule has 1 fully saturated rings. The predicted molar refractivity (Wildman–Crippen MR) is 74.4 cm³/mol. The van der Waals surface area contributed by atoms with Crippen molar-refractivity contribution in [2.75, 3.05) is 0 Å². The second kappa shape index (κ2) is 5.07. The van der Waals surface area contributed by atoms with Gasteiger partial charge in [-0.25, -0.2) is 0 Å². The highest BCUT2D eigenvalue weighted by atomic mass is 127. The summed E-state index contributed by atoms with van der Waals surface area (Å²) in [5.41, 5.74) is -0.468. The third-order valence-corrected chi connectivity index (χ3v) is 2.94. The van der Waals surface area contributed by atoms with Crippen molar-refractivity contribution in [1.29, 1.82) is 0 Å². The molecule has 18 heavy (non-hydrogen) atoms. The van der Waals surface area contributed by atoms with E-state index >= 15 is 0 Å². The lowest BCUT2D eigenvalue weighted by atomic mass is 10.2. The molecule has 1 aromatic rings. The summed E-state index contributed by atoms with van der Waals surface area (Å²) in [6.07, 6.45) is 4.29. The van der Waals surface area contributed by atoms with Crippen molar-refractivity contribution in [2.24, 2.45) is 0 Å². The van der Waals surface area contributed by atoms with Crippen LogP contribution in [0.1, 0.15) is 33.6 Å². The molecule has 0 saturated heterocycles. The normalized spacial score (nSPS) is 15.6. The standard InChI is InChI=1S/C12H17IN2O3/c1-12(2,3)18-10(16)7-15-6-9(13)11(14-15)17-8-4-5-8/h6,8H,4-5,7H2,1-3H3. The molecule has 0 atom stereocenters. The number of ether oxygens (including phenoxy) is 2. The first kappa shape index (κ1) is 13.6. The summed E-state index contributed by atoms with van der Waals surface area (Å²) in [4.78, 5) is 11.7. The Labute approximate surface area is 120 Å². The van der Waals surface area contributed by atoms with Crippen LogP contribution in [0, 0.1) is 3.57 Å². The predicted octanol–water partition coefficient (Wildman–Crippen LogP) is 2.37. The molecule has 1 saturated carbocycles. The number of halogens is 1. The number of carbonyl (C=O) groups is 1. The Balaban J connectivity index is 1.94. The molecule has 1 heterocycles. The van der Waals surface area contributed by atoms with Crippen LogP contribution in [0.4, 0.5) is 0 Å². The van der Waals surface area contributed by atoms with Crippen LogP contribution in [0.15, 0.2) is 6.20 Å². The summed E-state index contributed by atoms with van der Waals surface area (Å²) in [6, 6.07) is 0. The zero-order valence-corrected chi connectivity index (χ0v) is 12.9. The minimum Gasteiger partial charge on any atom is -0.473 e. The summed E-state index contributed by atoms with van der Waals surface area (Å²) in [7, 11) is 0. The van der Waals surface area contributed by atoms with E-state index in [0.717, 1.165) is 16.4 Å². The number of hydrogen-bond donors (Lipinski definition) is 0. The molecule has 1 aromatic heterocycles. The van der Waals surface area contributed by atoms with Gasteiger partial charge in [-0.05, 0) is 56.2 Å². The van der Waals surface area contributed by atoms with E-state index in [1.807, 2.05) is 20.8 Å². The Morgan fingerprint density at radius 3 is 2.78 bits per heavy atom. The maximum Gasteiger partial charge on any atom is 0.328 e. The van der Waals surface area contributed by atoms with Crippen LogP contribution in [0.3, 0.4) is 0 Å². The summed E-state index contributed by atoms with van der Waals surface area (Å²) in [5, 5.41) is 4.25. The van der Waals surface area contributed by atoms with Crippen molar-refractivity contribution in [2.45, 2.75) is 51.9 Å². The van der Waals surface area contributed by atoms with Crippen LogP contribution in [-0.2, 0) is 16.1 Å². The van der Waals surface area contributed by atoms with E-state index in [9.17, 15) is 4.79 Å². The zero-order chi connectivity index (χ0) is 13.3. The molecular formula is C12H17IN2O3. The fourth-order valence-corrected chi connectivity index (χ4v) is 1.95. The Bertz CT molecular complexity index is 447. The van der Waals surface area contributed by atoms with Gasteiger partial charge in [-0.3, -0.25) is 9.48 Å². The Kier molecular flexibility index (Phi) is 3.84. The number of nitrogens with zero attached hydrogens (tertiary/aromatic N) is 2. The molecule has 1 aliphatic carbocycles. The third-order valence-electron chi connectivity index (χ3n) is 2.20. The van der Waals surface area contributed by atoms with E-state index in [1.165, 1.54) is 0 Å². The molecule has 0 spiro atoms. The average molecular weight is 364 g/mol. The summed E-state index contributed by atoms with van der Waals surface area (Å²) < 4.78 is 13.4. The van der Waals surface area contributed by atoms with Crippen molar-refractivity contribution in [3.8, 4) is 5.88 Å². The van der Waals surface area contributed by atoms with Crippen LogP contribution >= 0.6 is 22.6 Å². The van der Waals surface area contributed by atoms with Gasteiger partial charge < -0.3 is 9.47 Å². The van der Waals surface area contributed by atoms with Gasteiger partial charge in [0.15, 0.2) is 0 Å². The van der Waals surface area contributed by atoms with Crippen molar-refractivity contribution < 1.29 is 14.3 Å². The molecule has 0 bridgehead atoms. The van der Waals surface area contributed by atoms with Crippen LogP contribution in [0.25, 0.3) is 0 Å². The molecule has 5 nitrogen and oxygen atoms in total. The van der Waals surface area contributed by atoms with Gasteiger partial charge in [0.2, 0.25) is 5.88 Å². The number of aromatic nitrogens is 2. The number of carbonyl (C=O) groups excluding carboxylic acids is 1. The highest BCUT2D eigenvalue weighted by Gasteiger charge is 2.26. The Morgan fingerprint density at radius 2 is 2.22 bits per heavy atom. The maximum atomic E-state index is 11.7. The summed E-state index contributed by atoms with van der Waals surface area (Å²) in [6.45, 7) is 5.65. The molecule has 100 valence electrons. The van der Waals surface area contributed by atoms with Crippen LogP contribution in [0.2, 0.25) is 0 Å². The number of esters is 1. The highest BCUT2D eigenvalue weighted by molar-refractivity contribution is 14.1.